The van der Waals surface area contributed by atoms with E-state index in [0.717, 1.165) is 50.3 Å². The molecule has 254 valence electrons. The van der Waals surface area contributed by atoms with E-state index in [1.54, 1.807) is 30.5 Å². The molecule has 6 nitrogen and oxygen atoms in total. The molecule has 7 aromatic carbocycles. The highest BCUT2D eigenvalue weighted by Gasteiger charge is 2.46. The van der Waals surface area contributed by atoms with E-state index in [1.165, 1.54) is 0 Å². The van der Waals surface area contributed by atoms with Crippen LogP contribution in [0.1, 0.15) is 43.0 Å². The molecule has 1 aliphatic rings. The molecule has 0 saturated heterocycles. The van der Waals surface area contributed by atoms with Crippen LogP contribution in [0.4, 0.5) is 17.1 Å². The zero-order valence-electron chi connectivity index (χ0n) is 28.4. The number of fused-ring (bicyclic) bond motifs is 3. The molecule has 0 atom stereocenters. The number of hydrogen-bond donors (Lipinski definition) is 0. The Hall–Kier alpha value is -7.18. The Kier molecular flexibility index (Phi) is 7.90. The van der Waals surface area contributed by atoms with Crippen molar-refractivity contribution < 1.29 is 23.5 Å². The number of esters is 2. The molecular weight excluding hydrogens is 659 g/mol. The van der Waals surface area contributed by atoms with Crippen LogP contribution in [0.3, 0.4) is 0 Å². The van der Waals surface area contributed by atoms with Crippen molar-refractivity contribution in [1.82, 2.24) is 0 Å². The van der Waals surface area contributed by atoms with Crippen LogP contribution in [0.25, 0.3) is 11.0 Å². The molecule has 0 spiro atoms. The Morgan fingerprint density at radius 2 is 0.962 bits per heavy atom. The molecule has 9 rings (SSSR count). The van der Waals surface area contributed by atoms with E-state index in [9.17, 15) is 9.59 Å². The molecule has 0 N–H and O–H groups in total. The average molecular weight is 690 g/mol. The quantitative estimate of drug-likeness (QED) is 0.123. The van der Waals surface area contributed by atoms with Gasteiger partial charge in [-0.05, 0) is 101 Å². The van der Waals surface area contributed by atoms with Gasteiger partial charge in [0.1, 0.15) is 17.1 Å². The van der Waals surface area contributed by atoms with Crippen molar-refractivity contribution in [3.63, 3.8) is 0 Å². The maximum Gasteiger partial charge on any atom is 0.343 e. The maximum absolute atomic E-state index is 13.0. The molecule has 0 bridgehead atoms. The van der Waals surface area contributed by atoms with Crippen molar-refractivity contribution in [2.75, 3.05) is 4.90 Å². The topological polar surface area (TPSA) is 69.0 Å². The minimum absolute atomic E-state index is 0.425. The first-order valence-electron chi connectivity index (χ1n) is 17.3. The van der Waals surface area contributed by atoms with E-state index in [2.05, 4.69) is 59.5 Å². The second-order valence-electron chi connectivity index (χ2n) is 12.8. The highest BCUT2D eigenvalue weighted by molar-refractivity contribution is 5.93. The van der Waals surface area contributed by atoms with Crippen molar-refractivity contribution in [1.29, 1.82) is 0 Å². The molecule has 0 fully saturated rings. The molecule has 0 saturated carbocycles. The number of anilines is 3. The third-order valence-electron chi connectivity index (χ3n) is 9.81. The summed E-state index contributed by atoms with van der Waals surface area (Å²) in [4.78, 5) is 28.2. The summed E-state index contributed by atoms with van der Waals surface area (Å²) in [5.74, 6) is 0.0239. The van der Waals surface area contributed by atoms with Crippen LogP contribution in [0.15, 0.2) is 193 Å². The van der Waals surface area contributed by atoms with Gasteiger partial charge in [-0.1, -0.05) is 97.1 Å². The van der Waals surface area contributed by atoms with Gasteiger partial charge in [-0.25, -0.2) is 9.59 Å². The molecule has 8 aromatic rings. The number of ether oxygens (including phenoxy) is 2. The van der Waals surface area contributed by atoms with E-state index in [-0.39, 0.29) is 0 Å². The first kappa shape index (κ1) is 31.8. The summed E-state index contributed by atoms with van der Waals surface area (Å²) in [5, 5.41) is 1.03. The third-order valence-corrected chi connectivity index (χ3v) is 9.81. The van der Waals surface area contributed by atoms with Gasteiger partial charge in [0.2, 0.25) is 0 Å². The lowest BCUT2D eigenvalue weighted by molar-refractivity contribution is 0.0725. The first-order chi connectivity index (χ1) is 26.1. The fraction of sp³-hybridized carbons (Fsp3) is 0.0213. The number of carbonyl (C=O) groups is 2. The number of rotatable bonds is 7. The number of benzene rings is 7. The van der Waals surface area contributed by atoms with Gasteiger partial charge >= 0.3 is 11.9 Å². The van der Waals surface area contributed by atoms with Crippen molar-refractivity contribution in [2.45, 2.75) is 5.41 Å². The first-order valence-corrected chi connectivity index (χ1v) is 17.3. The standard InChI is InChI=1S/C47H31NO5/c49-45(33-11-3-1-4-12-33)52-38-25-20-35(21-26-38)47(36-22-27-39(28-23-36)53-46(50)34-13-5-2-6-14-34)40-15-7-9-17-42(40)48(43-18-10-8-16-41(43)47)37-24-19-32-29-30-51-44(32)31-37/h1-31H. The number of nitrogens with zero attached hydrogens (tertiary/aromatic N) is 1. The molecule has 0 radical (unpaired) electrons. The lowest BCUT2D eigenvalue weighted by Gasteiger charge is -2.46. The van der Waals surface area contributed by atoms with Gasteiger partial charge in [0, 0.05) is 17.1 Å². The second-order valence-corrected chi connectivity index (χ2v) is 12.8. The normalized spacial score (nSPS) is 12.8. The zero-order chi connectivity index (χ0) is 35.8. The molecule has 2 heterocycles. The zero-order valence-corrected chi connectivity index (χ0v) is 28.4. The molecule has 1 aliphatic heterocycles. The number of carbonyl (C=O) groups excluding carboxylic acids is 2. The minimum Gasteiger partial charge on any atom is -0.464 e. The fourth-order valence-corrected chi connectivity index (χ4v) is 7.42. The summed E-state index contributed by atoms with van der Waals surface area (Å²) < 4.78 is 17.5. The Bertz CT molecular complexity index is 2450. The van der Waals surface area contributed by atoms with Crippen LogP contribution in [-0.2, 0) is 5.41 Å². The average Bonchev–Trinajstić information content (AvgIpc) is 3.70. The number of hydrogen-bond acceptors (Lipinski definition) is 6. The summed E-state index contributed by atoms with van der Waals surface area (Å²) in [5.41, 5.74) is 7.90. The van der Waals surface area contributed by atoms with Gasteiger partial charge in [0.05, 0.1) is 34.2 Å². The molecule has 0 aliphatic carbocycles. The highest BCUT2D eigenvalue weighted by atomic mass is 16.5. The summed E-state index contributed by atoms with van der Waals surface area (Å²) in [6.07, 6.45) is 1.71. The van der Waals surface area contributed by atoms with Gasteiger partial charge in [-0.3, -0.25) is 0 Å². The molecule has 53 heavy (non-hydrogen) atoms. The maximum atomic E-state index is 13.0. The molecular formula is C47H31NO5. The van der Waals surface area contributed by atoms with Gasteiger partial charge in [-0.15, -0.1) is 0 Å². The van der Waals surface area contributed by atoms with Gasteiger partial charge in [0.25, 0.3) is 0 Å². The molecule has 0 unspecified atom stereocenters. The minimum atomic E-state index is -0.831. The Morgan fingerprint density at radius 1 is 0.491 bits per heavy atom. The van der Waals surface area contributed by atoms with Crippen LogP contribution in [0.2, 0.25) is 0 Å². The lowest BCUT2D eigenvalue weighted by Crippen LogP contribution is -2.37. The van der Waals surface area contributed by atoms with E-state index in [0.29, 0.717) is 22.6 Å². The van der Waals surface area contributed by atoms with Crippen molar-refractivity contribution in [2.24, 2.45) is 0 Å². The summed E-state index contributed by atoms with van der Waals surface area (Å²) in [7, 11) is 0. The number of furan rings is 1. The highest BCUT2D eigenvalue weighted by Crippen LogP contribution is 2.58. The smallest absolute Gasteiger partial charge is 0.343 e. The SMILES string of the molecule is O=C(Oc1ccc(C2(c3ccc(OC(=O)c4ccccc4)cc3)c3ccccc3N(c3ccc4ccoc4c3)c3ccccc32)cc1)c1ccccc1. The van der Waals surface area contributed by atoms with Crippen LogP contribution >= 0.6 is 0 Å². The van der Waals surface area contributed by atoms with E-state index < -0.39 is 17.4 Å². The summed E-state index contributed by atoms with van der Waals surface area (Å²) >= 11 is 0. The Balaban J connectivity index is 1.21. The largest absolute Gasteiger partial charge is 0.464 e. The van der Waals surface area contributed by atoms with Crippen LogP contribution in [0, 0.1) is 0 Å². The predicted molar refractivity (Wildman–Crippen MR) is 206 cm³/mol. The van der Waals surface area contributed by atoms with Gasteiger partial charge < -0.3 is 18.8 Å². The number of para-hydroxylation sites is 2. The van der Waals surface area contributed by atoms with Crippen molar-refractivity contribution >= 4 is 40.0 Å². The summed E-state index contributed by atoms with van der Waals surface area (Å²) in [6, 6.07) is 58.4. The van der Waals surface area contributed by atoms with Crippen molar-refractivity contribution in [3.05, 3.63) is 222 Å². The molecule has 1 aromatic heterocycles. The van der Waals surface area contributed by atoms with Crippen molar-refractivity contribution in [3.8, 4) is 11.5 Å². The summed E-state index contributed by atoms with van der Waals surface area (Å²) in [6.45, 7) is 0. The van der Waals surface area contributed by atoms with E-state index in [4.69, 9.17) is 13.9 Å². The monoisotopic (exact) mass is 689 g/mol. The Labute approximate surface area is 306 Å². The van der Waals surface area contributed by atoms with E-state index >= 15 is 0 Å². The molecule has 6 heteroatoms. The van der Waals surface area contributed by atoms with Crippen LogP contribution in [-0.4, -0.2) is 11.9 Å². The fourth-order valence-electron chi connectivity index (χ4n) is 7.42. The van der Waals surface area contributed by atoms with Gasteiger partial charge in [-0.2, -0.15) is 0 Å². The molecule has 0 amide bonds. The Morgan fingerprint density at radius 3 is 1.47 bits per heavy atom. The van der Waals surface area contributed by atoms with Crippen LogP contribution in [0.5, 0.6) is 11.5 Å². The van der Waals surface area contributed by atoms with Gasteiger partial charge in [0.15, 0.2) is 0 Å². The van der Waals surface area contributed by atoms with E-state index in [1.807, 2.05) is 103 Å². The lowest BCUT2D eigenvalue weighted by atomic mass is 9.62. The van der Waals surface area contributed by atoms with Crippen LogP contribution < -0.4 is 14.4 Å². The predicted octanol–water partition coefficient (Wildman–Crippen LogP) is 11.0. The third kappa shape index (κ3) is 5.54. The second kappa shape index (κ2) is 13.2.